The van der Waals surface area contributed by atoms with Gasteiger partial charge in [-0.25, -0.2) is 4.98 Å². The Kier molecular flexibility index (Phi) is 5.13. The van der Waals surface area contributed by atoms with Gasteiger partial charge in [0.1, 0.15) is 0 Å². The number of halogens is 1. The van der Waals surface area contributed by atoms with Gasteiger partial charge < -0.3 is 10.1 Å². The second kappa shape index (κ2) is 7.71. The molecule has 1 N–H and O–H groups in total. The van der Waals surface area contributed by atoms with Crippen molar-refractivity contribution in [2.24, 2.45) is 0 Å². The number of fused-ring (bicyclic) bond motifs is 3. The van der Waals surface area contributed by atoms with Crippen LogP contribution in [-0.2, 0) is 11.3 Å². The molecule has 0 saturated carbocycles. The lowest BCUT2D eigenvalue weighted by Gasteiger charge is -2.13. The second-order valence-corrected chi connectivity index (χ2v) is 6.91. The first-order chi connectivity index (χ1) is 13.6. The highest BCUT2D eigenvalue weighted by Crippen LogP contribution is 2.23. The molecule has 1 aromatic carbocycles. The molecule has 144 valence electrons. The zero-order valence-electron chi connectivity index (χ0n) is 15.6. The molecule has 3 heterocycles. The third-order valence-corrected chi connectivity index (χ3v) is 4.83. The Balaban J connectivity index is 1.95. The van der Waals surface area contributed by atoms with Crippen LogP contribution in [0.3, 0.4) is 0 Å². The number of benzene rings is 1. The highest BCUT2D eigenvalue weighted by atomic mass is 35.5. The van der Waals surface area contributed by atoms with Crippen molar-refractivity contribution in [3.8, 4) is 5.69 Å². The van der Waals surface area contributed by atoms with Gasteiger partial charge in [0.2, 0.25) is 5.65 Å². The molecule has 0 aliphatic heterocycles. The van der Waals surface area contributed by atoms with Crippen LogP contribution in [0.15, 0.2) is 47.5 Å². The molecule has 0 aliphatic rings. The van der Waals surface area contributed by atoms with E-state index in [0.717, 1.165) is 16.9 Å². The van der Waals surface area contributed by atoms with Crippen molar-refractivity contribution < 1.29 is 4.74 Å². The van der Waals surface area contributed by atoms with Crippen LogP contribution in [0.25, 0.3) is 22.4 Å². The molecule has 0 atom stereocenters. The SMILES string of the molecule is COCCNCc1cn2c(n1)c(=O)n(-c1cccnc1C)c1cc(Cl)ccc12. The molecule has 7 nitrogen and oxygen atoms in total. The summed E-state index contributed by atoms with van der Waals surface area (Å²) in [6.07, 6.45) is 3.59. The lowest BCUT2D eigenvalue weighted by Crippen LogP contribution is -2.22. The summed E-state index contributed by atoms with van der Waals surface area (Å²) in [5.41, 5.74) is 3.95. The molecule has 0 spiro atoms. The van der Waals surface area contributed by atoms with Gasteiger partial charge in [0, 0.05) is 37.6 Å². The Morgan fingerprint density at radius 1 is 1.25 bits per heavy atom. The number of hydrogen-bond acceptors (Lipinski definition) is 5. The number of hydrogen-bond donors (Lipinski definition) is 1. The van der Waals surface area contributed by atoms with Gasteiger partial charge in [0.25, 0.3) is 5.56 Å². The van der Waals surface area contributed by atoms with Crippen molar-refractivity contribution in [1.82, 2.24) is 24.3 Å². The van der Waals surface area contributed by atoms with Crippen molar-refractivity contribution >= 4 is 28.3 Å². The van der Waals surface area contributed by atoms with E-state index < -0.39 is 0 Å². The summed E-state index contributed by atoms with van der Waals surface area (Å²) >= 11 is 6.25. The predicted molar refractivity (Wildman–Crippen MR) is 109 cm³/mol. The number of methoxy groups -OCH3 is 1. The van der Waals surface area contributed by atoms with Gasteiger partial charge >= 0.3 is 0 Å². The van der Waals surface area contributed by atoms with E-state index in [4.69, 9.17) is 16.3 Å². The molecule has 3 aromatic heterocycles. The first-order valence-corrected chi connectivity index (χ1v) is 9.32. The van der Waals surface area contributed by atoms with Crippen LogP contribution >= 0.6 is 11.6 Å². The molecule has 0 fully saturated rings. The third kappa shape index (κ3) is 3.28. The summed E-state index contributed by atoms with van der Waals surface area (Å²) in [4.78, 5) is 22.3. The van der Waals surface area contributed by atoms with Crippen LogP contribution in [0.1, 0.15) is 11.4 Å². The van der Waals surface area contributed by atoms with Crippen LogP contribution in [-0.4, -0.2) is 39.2 Å². The molecule has 8 heteroatoms. The number of rotatable bonds is 6. The quantitative estimate of drug-likeness (QED) is 0.506. The van der Waals surface area contributed by atoms with Gasteiger partial charge in [-0.2, -0.15) is 0 Å². The summed E-state index contributed by atoms with van der Waals surface area (Å²) in [5, 5.41) is 3.81. The number of nitrogens with one attached hydrogen (secondary N) is 1. The minimum atomic E-state index is -0.214. The van der Waals surface area contributed by atoms with E-state index in [9.17, 15) is 4.79 Å². The first kappa shape index (κ1) is 18.6. The number of aromatic nitrogens is 4. The second-order valence-electron chi connectivity index (χ2n) is 6.48. The van der Waals surface area contributed by atoms with Gasteiger partial charge in [-0.1, -0.05) is 11.6 Å². The lowest BCUT2D eigenvalue weighted by molar-refractivity contribution is 0.199. The van der Waals surface area contributed by atoms with E-state index in [2.05, 4.69) is 15.3 Å². The van der Waals surface area contributed by atoms with Crippen LogP contribution in [0.4, 0.5) is 0 Å². The average molecular weight is 398 g/mol. The van der Waals surface area contributed by atoms with Crippen LogP contribution in [0, 0.1) is 6.92 Å². The van der Waals surface area contributed by atoms with Crippen LogP contribution in [0.5, 0.6) is 0 Å². The molecule has 0 amide bonds. The highest BCUT2D eigenvalue weighted by Gasteiger charge is 2.16. The minimum Gasteiger partial charge on any atom is -0.383 e. The van der Waals surface area contributed by atoms with Gasteiger partial charge in [-0.05, 0) is 37.3 Å². The number of imidazole rings is 1. The molecule has 0 unspecified atom stereocenters. The van der Waals surface area contributed by atoms with Gasteiger partial charge in [0.05, 0.1) is 34.7 Å². The Bertz CT molecular complexity index is 1210. The molecular weight excluding hydrogens is 378 g/mol. The summed E-state index contributed by atoms with van der Waals surface area (Å²) in [7, 11) is 1.66. The number of aryl methyl sites for hydroxylation is 1. The third-order valence-electron chi connectivity index (χ3n) is 4.60. The Morgan fingerprint density at radius 2 is 2.11 bits per heavy atom. The molecule has 0 radical (unpaired) electrons. The zero-order chi connectivity index (χ0) is 19.7. The van der Waals surface area contributed by atoms with Gasteiger partial charge in [-0.3, -0.25) is 18.7 Å². The van der Waals surface area contributed by atoms with Crippen LogP contribution in [0.2, 0.25) is 5.02 Å². The highest BCUT2D eigenvalue weighted by molar-refractivity contribution is 6.31. The summed E-state index contributed by atoms with van der Waals surface area (Å²) in [5.74, 6) is 0. The average Bonchev–Trinajstić information content (AvgIpc) is 3.11. The Morgan fingerprint density at radius 3 is 2.89 bits per heavy atom. The topological polar surface area (TPSA) is 73.5 Å². The van der Waals surface area contributed by atoms with E-state index in [1.807, 2.05) is 41.8 Å². The summed E-state index contributed by atoms with van der Waals surface area (Å²) in [6, 6.07) is 9.18. The fraction of sp³-hybridized carbons (Fsp3) is 0.250. The molecule has 4 rings (SSSR count). The summed E-state index contributed by atoms with van der Waals surface area (Å²) in [6.45, 7) is 3.74. The first-order valence-electron chi connectivity index (χ1n) is 8.94. The minimum absolute atomic E-state index is 0.214. The normalized spacial score (nSPS) is 11.5. The fourth-order valence-corrected chi connectivity index (χ4v) is 3.45. The summed E-state index contributed by atoms with van der Waals surface area (Å²) < 4.78 is 8.50. The smallest absolute Gasteiger partial charge is 0.299 e. The standard InChI is InChI=1S/C20H20ClN5O2/c1-13-16(4-3-7-23-13)26-18-10-14(21)5-6-17(18)25-12-15(11-22-8-9-28-2)24-19(25)20(26)27/h3-7,10,12,22H,8-9,11H2,1-2H3. The predicted octanol–water partition coefficient (Wildman–Crippen LogP) is 2.73. The molecule has 0 saturated heterocycles. The Labute approximate surface area is 166 Å². The number of pyridine rings is 1. The molecular formula is C20H20ClN5O2. The van der Waals surface area contributed by atoms with Crippen molar-refractivity contribution in [2.45, 2.75) is 13.5 Å². The van der Waals surface area contributed by atoms with E-state index in [1.165, 1.54) is 0 Å². The molecule has 0 aliphatic carbocycles. The van der Waals surface area contributed by atoms with Crippen molar-refractivity contribution in [1.29, 1.82) is 0 Å². The number of ether oxygens (including phenoxy) is 1. The van der Waals surface area contributed by atoms with E-state index >= 15 is 0 Å². The maximum Gasteiger partial charge on any atom is 0.299 e. The number of nitrogens with zero attached hydrogens (tertiary/aromatic N) is 4. The van der Waals surface area contributed by atoms with Gasteiger partial charge in [-0.15, -0.1) is 0 Å². The molecule has 4 aromatic rings. The maximum atomic E-state index is 13.4. The van der Waals surface area contributed by atoms with Crippen molar-refractivity contribution in [3.63, 3.8) is 0 Å². The van der Waals surface area contributed by atoms with Crippen molar-refractivity contribution in [3.05, 3.63) is 69.5 Å². The molecule has 0 bridgehead atoms. The monoisotopic (exact) mass is 397 g/mol. The van der Waals surface area contributed by atoms with E-state index in [1.54, 1.807) is 23.9 Å². The largest absolute Gasteiger partial charge is 0.383 e. The van der Waals surface area contributed by atoms with Crippen molar-refractivity contribution in [2.75, 3.05) is 20.3 Å². The Hall–Kier alpha value is -2.74. The van der Waals surface area contributed by atoms with Gasteiger partial charge in [0.15, 0.2) is 0 Å². The van der Waals surface area contributed by atoms with E-state index in [-0.39, 0.29) is 5.56 Å². The molecule has 28 heavy (non-hydrogen) atoms. The van der Waals surface area contributed by atoms with E-state index in [0.29, 0.717) is 41.6 Å². The zero-order valence-corrected chi connectivity index (χ0v) is 16.4. The fourth-order valence-electron chi connectivity index (χ4n) is 3.28. The maximum absolute atomic E-state index is 13.4. The lowest BCUT2D eigenvalue weighted by atomic mass is 10.2. The van der Waals surface area contributed by atoms with Crippen LogP contribution < -0.4 is 10.9 Å².